The molecule has 0 rings (SSSR count). The maximum absolute atomic E-state index is 9.90. The Morgan fingerprint density at radius 1 is 1.00 bits per heavy atom. The van der Waals surface area contributed by atoms with Gasteiger partial charge in [0.15, 0.2) is 0 Å². The molecule has 5 heteroatoms. The molecule has 0 saturated heterocycles. The van der Waals surface area contributed by atoms with Crippen LogP contribution in [0.1, 0.15) is 45.4 Å². The second-order valence-corrected chi connectivity index (χ2v) is 3.14. The third-order valence-corrected chi connectivity index (χ3v) is 1.59. The third-order valence-electron chi connectivity index (χ3n) is 1.59. The summed E-state index contributed by atoms with van der Waals surface area (Å²) in [5.74, 6) is -1.74. The van der Waals surface area contributed by atoms with Gasteiger partial charge in [0.25, 0.3) is 0 Å². The molecule has 5 nitrogen and oxygen atoms in total. The first-order valence-corrected chi connectivity index (χ1v) is 5.18. The van der Waals surface area contributed by atoms with Crippen LogP contribution >= 0.6 is 0 Å². The van der Waals surface area contributed by atoms with Crippen molar-refractivity contribution in [1.82, 2.24) is 0 Å². The van der Waals surface area contributed by atoms with E-state index in [0.29, 0.717) is 12.8 Å². The minimum Gasteiger partial charge on any atom is -0.481 e. The highest BCUT2D eigenvalue weighted by Gasteiger charge is 1.99. The lowest BCUT2D eigenvalue weighted by molar-refractivity contribution is -0.139. The van der Waals surface area contributed by atoms with Gasteiger partial charge >= 0.3 is 11.9 Å². The van der Waals surface area contributed by atoms with E-state index in [4.69, 9.17) is 15.9 Å². The lowest BCUT2D eigenvalue weighted by Crippen LogP contribution is -1.97. The molecular weight excluding hydrogens is 198 g/mol. The van der Waals surface area contributed by atoms with Crippen LogP contribution < -0.4 is 5.73 Å². The summed E-state index contributed by atoms with van der Waals surface area (Å²) >= 11 is 0. The average Bonchev–Trinajstić information content (AvgIpc) is 2.14. The van der Waals surface area contributed by atoms with Gasteiger partial charge in [-0.1, -0.05) is 13.3 Å². The molecule has 0 heterocycles. The Bertz CT molecular complexity index is 153. The van der Waals surface area contributed by atoms with Gasteiger partial charge in [-0.3, -0.25) is 9.59 Å². The number of carbonyl (C=O) groups is 2. The van der Waals surface area contributed by atoms with Crippen molar-refractivity contribution in [3.05, 3.63) is 0 Å². The summed E-state index contributed by atoms with van der Waals surface area (Å²) in [6.07, 6.45) is 3.40. The Hall–Kier alpha value is -1.10. The molecule has 0 aliphatic rings. The van der Waals surface area contributed by atoms with Crippen molar-refractivity contribution in [3.63, 3.8) is 0 Å². The number of rotatable bonds is 7. The number of unbranched alkanes of at least 4 members (excludes halogenated alkanes) is 2. The van der Waals surface area contributed by atoms with E-state index in [1.165, 1.54) is 12.8 Å². The average molecular weight is 219 g/mol. The number of hydrogen-bond donors (Lipinski definition) is 3. The first-order valence-electron chi connectivity index (χ1n) is 5.18. The molecule has 4 N–H and O–H groups in total. The number of aliphatic carboxylic acids is 2. The number of hydrogen-bond acceptors (Lipinski definition) is 3. The summed E-state index contributed by atoms with van der Waals surface area (Å²) in [6.45, 7) is 2.98. The van der Waals surface area contributed by atoms with Gasteiger partial charge < -0.3 is 15.9 Å². The maximum atomic E-state index is 9.90. The van der Waals surface area contributed by atoms with E-state index in [-0.39, 0.29) is 12.8 Å². The number of carboxylic acid groups (broad SMARTS) is 2. The summed E-state index contributed by atoms with van der Waals surface area (Å²) < 4.78 is 0. The zero-order valence-corrected chi connectivity index (χ0v) is 9.24. The predicted octanol–water partition coefficient (Wildman–Crippen LogP) is 1.46. The van der Waals surface area contributed by atoms with Gasteiger partial charge in [-0.2, -0.15) is 0 Å². The van der Waals surface area contributed by atoms with Gasteiger partial charge in [0.05, 0.1) is 0 Å². The highest BCUT2D eigenvalue weighted by molar-refractivity contribution is 5.67. The predicted molar refractivity (Wildman–Crippen MR) is 57.7 cm³/mol. The minimum atomic E-state index is -0.870. The van der Waals surface area contributed by atoms with Crippen LogP contribution in [0.2, 0.25) is 0 Å². The van der Waals surface area contributed by atoms with Crippen LogP contribution in [-0.2, 0) is 9.59 Å². The first kappa shape index (κ1) is 16.3. The lowest BCUT2D eigenvalue weighted by Gasteiger charge is -1.92. The van der Waals surface area contributed by atoms with Crippen LogP contribution in [0.25, 0.3) is 0 Å². The van der Waals surface area contributed by atoms with Crippen molar-refractivity contribution in [2.75, 3.05) is 6.54 Å². The molecule has 0 bridgehead atoms. The monoisotopic (exact) mass is 219 g/mol. The SMILES string of the molecule is CCCCN.O=C(O)CCCCC(=O)O. The van der Waals surface area contributed by atoms with E-state index >= 15 is 0 Å². The summed E-state index contributed by atoms with van der Waals surface area (Å²) in [5, 5.41) is 16.3. The Kier molecular flexibility index (Phi) is 14.0. The van der Waals surface area contributed by atoms with Gasteiger partial charge in [-0.15, -0.1) is 0 Å². The molecule has 0 atom stereocenters. The molecule has 0 aromatic heterocycles. The zero-order chi connectivity index (χ0) is 12.1. The van der Waals surface area contributed by atoms with Gasteiger partial charge in [0.2, 0.25) is 0 Å². The molecule has 0 aromatic rings. The van der Waals surface area contributed by atoms with Crippen molar-refractivity contribution in [2.45, 2.75) is 45.4 Å². The van der Waals surface area contributed by atoms with Crippen molar-refractivity contribution >= 4 is 11.9 Å². The van der Waals surface area contributed by atoms with E-state index < -0.39 is 11.9 Å². The quantitative estimate of drug-likeness (QED) is 0.563. The second-order valence-electron chi connectivity index (χ2n) is 3.14. The van der Waals surface area contributed by atoms with Crippen LogP contribution in [0.5, 0.6) is 0 Å². The Morgan fingerprint density at radius 2 is 1.40 bits per heavy atom. The van der Waals surface area contributed by atoms with E-state index in [1.54, 1.807) is 0 Å². The van der Waals surface area contributed by atoms with Crippen LogP contribution in [0.3, 0.4) is 0 Å². The van der Waals surface area contributed by atoms with Gasteiger partial charge in [0, 0.05) is 12.8 Å². The molecule has 90 valence electrons. The standard InChI is InChI=1S/C6H10O4.C4H11N/c7-5(8)3-1-2-4-6(9)10;1-2-3-4-5/h1-4H2,(H,7,8)(H,9,10);2-5H2,1H3. The smallest absolute Gasteiger partial charge is 0.303 e. The fourth-order valence-electron chi connectivity index (χ4n) is 0.757. The van der Waals surface area contributed by atoms with Crippen LogP contribution in [0.15, 0.2) is 0 Å². The van der Waals surface area contributed by atoms with Crippen molar-refractivity contribution in [1.29, 1.82) is 0 Å². The molecule has 0 amide bonds. The highest BCUT2D eigenvalue weighted by Crippen LogP contribution is 1.98. The summed E-state index contributed by atoms with van der Waals surface area (Å²) in [4.78, 5) is 19.8. The van der Waals surface area contributed by atoms with E-state index in [2.05, 4.69) is 6.92 Å². The van der Waals surface area contributed by atoms with Crippen LogP contribution in [0.4, 0.5) is 0 Å². The summed E-state index contributed by atoms with van der Waals surface area (Å²) in [7, 11) is 0. The minimum absolute atomic E-state index is 0.0628. The zero-order valence-electron chi connectivity index (χ0n) is 9.24. The second kappa shape index (κ2) is 12.9. The van der Waals surface area contributed by atoms with Gasteiger partial charge in [-0.25, -0.2) is 0 Å². The molecule has 0 fully saturated rings. The Morgan fingerprint density at radius 3 is 1.53 bits per heavy atom. The van der Waals surface area contributed by atoms with Crippen LogP contribution in [0, 0.1) is 0 Å². The van der Waals surface area contributed by atoms with Crippen LogP contribution in [-0.4, -0.2) is 28.7 Å². The van der Waals surface area contributed by atoms with Crippen molar-refractivity contribution in [3.8, 4) is 0 Å². The molecule has 0 aromatic carbocycles. The molecule has 0 aliphatic carbocycles. The molecule has 0 spiro atoms. The van der Waals surface area contributed by atoms with E-state index in [1.807, 2.05) is 0 Å². The largest absolute Gasteiger partial charge is 0.481 e. The Balaban J connectivity index is 0. The fourth-order valence-corrected chi connectivity index (χ4v) is 0.757. The molecule has 0 saturated carbocycles. The third kappa shape index (κ3) is 24.6. The molecule has 0 aliphatic heterocycles. The first-order chi connectivity index (χ1) is 7.04. The molecule has 15 heavy (non-hydrogen) atoms. The number of nitrogens with two attached hydrogens (primary N) is 1. The lowest BCUT2D eigenvalue weighted by atomic mass is 10.2. The maximum Gasteiger partial charge on any atom is 0.303 e. The highest BCUT2D eigenvalue weighted by atomic mass is 16.4. The summed E-state index contributed by atoms with van der Waals surface area (Å²) in [5.41, 5.74) is 5.14. The normalized spacial score (nSPS) is 8.93. The molecule has 0 unspecified atom stereocenters. The Labute approximate surface area is 90.3 Å². The fraction of sp³-hybridized carbons (Fsp3) is 0.800. The molecule has 0 radical (unpaired) electrons. The molecular formula is C10H21NO4. The van der Waals surface area contributed by atoms with Crippen molar-refractivity contribution < 1.29 is 19.8 Å². The van der Waals surface area contributed by atoms with Gasteiger partial charge in [-0.05, 0) is 25.8 Å². The van der Waals surface area contributed by atoms with E-state index in [0.717, 1.165) is 6.54 Å². The number of carboxylic acids is 2. The van der Waals surface area contributed by atoms with E-state index in [9.17, 15) is 9.59 Å². The topological polar surface area (TPSA) is 101 Å². The summed E-state index contributed by atoms with van der Waals surface area (Å²) in [6, 6.07) is 0. The van der Waals surface area contributed by atoms with Gasteiger partial charge in [0.1, 0.15) is 0 Å². The van der Waals surface area contributed by atoms with Crippen molar-refractivity contribution in [2.24, 2.45) is 5.73 Å².